The van der Waals surface area contributed by atoms with Gasteiger partial charge in [0.05, 0.1) is 5.54 Å². The predicted octanol–water partition coefficient (Wildman–Crippen LogP) is 5.77. The fourth-order valence-corrected chi connectivity index (χ4v) is 7.02. The zero-order valence-electron chi connectivity index (χ0n) is 26.9. The summed E-state index contributed by atoms with van der Waals surface area (Å²) in [7, 11) is 1.65. The second-order valence-corrected chi connectivity index (χ2v) is 14.8. The van der Waals surface area contributed by atoms with Gasteiger partial charge in [-0.25, -0.2) is 4.79 Å². The Hall–Kier alpha value is -2.68. The largest absolute Gasteiger partial charge is 0.386 e. The second-order valence-electron chi connectivity index (χ2n) is 14.8. The fraction of sp³-hybridized carbons (Fsp3) is 0.735. The van der Waals surface area contributed by atoms with Crippen molar-refractivity contribution in [2.45, 2.75) is 116 Å². The Morgan fingerprint density at radius 1 is 1.07 bits per heavy atom. The third-order valence-corrected chi connectivity index (χ3v) is 9.91. The summed E-state index contributed by atoms with van der Waals surface area (Å²) < 4.78 is 16.1. The number of hydrogen-bond acceptors (Lipinski definition) is 4. The van der Waals surface area contributed by atoms with E-state index in [2.05, 4.69) is 17.6 Å². The van der Waals surface area contributed by atoms with Gasteiger partial charge in [-0.3, -0.25) is 9.59 Å². The number of likely N-dealkylation sites (N-methyl/N-ethyl adjacent to an activating group) is 1. The van der Waals surface area contributed by atoms with Crippen LogP contribution >= 0.6 is 0 Å². The molecular formula is C34H53FN4O4. The highest BCUT2D eigenvalue weighted by molar-refractivity contribution is 5.87. The van der Waals surface area contributed by atoms with Gasteiger partial charge in [0.2, 0.25) is 11.8 Å². The summed E-state index contributed by atoms with van der Waals surface area (Å²) in [6, 6.07) is 6.94. The zero-order chi connectivity index (χ0) is 31.5. The minimum absolute atomic E-state index is 0.0363. The van der Waals surface area contributed by atoms with E-state index in [1.165, 1.54) is 17.7 Å². The average Bonchev–Trinajstić information content (AvgIpc) is 3.90. The molecule has 9 heteroatoms. The third-order valence-electron chi connectivity index (χ3n) is 9.91. The Balaban J connectivity index is 1.38. The first kappa shape index (κ1) is 33.2. The first-order valence-corrected chi connectivity index (χ1v) is 16.3. The van der Waals surface area contributed by atoms with Crippen LogP contribution in [-0.4, -0.2) is 64.2 Å². The molecule has 240 valence electrons. The number of aliphatic hydroxyl groups is 1. The van der Waals surface area contributed by atoms with E-state index in [0.717, 1.165) is 38.0 Å². The van der Waals surface area contributed by atoms with Gasteiger partial charge in [-0.15, -0.1) is 5.12 Å². The molecule has 3 aliphatic rings. The Labute approximate surface area is 257 Å². The molecule has 4 rings (SSSR count). The summed E-state index contributed by atoms with van der Waals surface area (Å²) in [4.78, 5) is 41.6. The number of aliphatic hydroxyl groups excluding tert-OH is 1. The van der Waals surface area contributed by atoms with Crippen molar-refractivity contribution in [2.75, 3.05) is 13.6 Å². The van der Waals surface area contributed by atoms with E-state index in [1.54, 1.807) is 40.0 Å². The number of rotatable bonds is 12. The number of hydrogen-bond donors (Lipinski definition) is 3. The van der Waals surface area contributed by atoms with Crippen LogP contribution < -0.4 is 10.6 Å². The minimum Gasteiger partial charge on any atom is -0.386 e. The molecule has 0 aromatic heterocycles. The van der Waals surface area contributed by atoms with Gasteiger partial charge in [-0.2, -0.15) is 0 Å². The van der Waals surface area contributed by atoms with Gasteiger partial charge in [-0.05, 0) is 61.3 Å². The van der Waals surface area contributed by atoms with Gasteiger partial charge in [0.15, 0.2) is 0 Å². The average molecular weight is 601 g/mol. The number of nitrogens with one attached hydrogen (secondary N) is 2. The van der Waals surface area contributed by atoms with E-state index in [1.807, 2.05) is 25.1 Å². The van der Waals surface area contributed by atoms with E-state index in [9.17, 15) is 19.5 Å². The Kier molecular flexibility index (Phi) is 10.5. The fourth-order valence-electron chi connectivity index (χ4n) is 7.02. The van der Waals surface area contributed by atoms with Gasteiger partial charge in [0, 0.05) is 25.6 Å². The van der Waals surface area contributed by atoms with Crippen molar-refractivity contribution < 1.29 is 24.0 Å². The van der Waals surface area contributed by atoms with Crippen molar-refractivity contribution in [1.29, 1.82) is 0 Å². The first-order valence-electron chi connectivity index (χ1n) is 16.3. The van der Waals surface area contributed by atoms with Crippen LogP contribution in [0.1, 0.15) is 104 Å². The first-order chi connectivity index (χ1) is 20.2. The van der Waals surface area contributed by atoms with Crippen molar-refractivity contribution in [3.8, 4) is 0 Å². The molecule has 4 unspecified atom stereocenters. The molecule has 6 atom stereocenters. The van der Waals surface area contributed by atoms with E-state index in [0.29, 0.717) is 24.9 Å². The standard InChI is InChI=1S/C34H53FN4O4/c1-22(19-24-15-16-24)36-30(41)23(2)27-20-26(27)21-38(6)31(42)28(33(3,4)5)39(35)32(43)37-34(17-11-8-12-18-34)29(40)25-13-9-7-10-14-25/h7,9-10,13-14,22-24,26-29,40H,8,11-12,15-21H2,1-6H3,(H,36,41)(H,37,43)/t22?,23?,26-,27+,28?,29?/m0/s1. The quantitative estimate of drug-likeness (QED) is 0.265. The number of carbonyl (C=O) groups is 3. The lowest BCUT2D eigenvalue weighted by Gasteiger charge is -2.43. The molecule has 43 heavy (non-hydrogen) atoms. The minimum atomic E-state index is -1.35. The smallest absolute Gasteiger partial charge is 0.346 e. The molecule has 0 aliphatic heterocycles. The normalized spacial score (nSPS) is 24.2. The molecule has 0 heterocycles. The van der Waals surface area contributed by atoms with Crippen LogP contribution in [0.15, 0.2) is 30.3 Å². The van der Waals surface area contributed by atoms with Crippen LogP contribution in [0.25, 0.3) is 0 Å². The van der Waals surface area contributed by atoms with Crippen molar-refractivity contribution >= 4 is 17.8 Å². The Morgan fingerprint density at radius 3 is 2.28 bits per heavy atom. The third kappa shape index (κ3) is 8.28. The summed E-state index contributed by atoms with van der Waals surface area (Å²) in [6.45, 7) is 9.64. The van der Waals surface area contributed by atoms with Gasteiger partial charge in [-0.1, -0.05) is 94.6 Å². The van der Waals surface area contributed by atoms with Crippen LogP contribution in [0.2, 0.25) is 0 Å². The van der Waals surface area contributed by atoms with Crippen molar-refractivity contribution in [3.63, 3.8) is 0 Å². The molecule has 0 saturated heterocycles. The van der Waals surface area contributed by atoms with E-state index in [4.69, 9.17) is 0 Å². The SMILES string of the molecule is CC(CC1CC1)NC(=O)C(C)[C@H]1C[C@H]1CN(C)C(=O)C(N(F)C(=O)NC1(C(O)c2ccccc2)CCCCC1)C(C)(C)C. The van der Waals surface area contributed by atoms with Crippen LogP contribution in [0.4, 0.5) is 9.28 Å². The van der Waals surface area contributed by atoms with Crippen molar-refractivity contribution in [1.82, 2.24) is 20.7 Å². The van der Waals surface area contributed by atoms with Crippen molar-refractivity contribution in [3.05, 3.63) is 35.9 Å². The molecule has 0 bridgehead atoms. The maximum Gasteiger partial charge on any atom is 0.346 e. The summed E-state index contributed by atoms with van der Waals surface area (Å²) in [5, 5.41) is 17.4. The Morgan fingerprint density at radius 2 is 1.70 bits per heavy atom. The van der Waals surface area contributed by atoms with Crippen LogP contribution in [0.3, 0.4) is 0 Å². The lowest BCUT2D eigenvalue weighted by atomic mass is 9.75. The monoisotopic (exact) mass is 600 g/mol. The van der Waals surface area contributed by atoms with Gasteiger partial charge in [0.1, 0.15) is 12.1 Å². The number of halogens is 1. The highest BCUT2D eigenvalue weighted by Crippen LogP contribution is 2.45. The molecule has 0 spiro atoms. The van der Waals surface area contributed by atoms with E-state index >= 15 is 4.48 Å². The van der Waals surface area contributed by atoms with Crippen molar-refractivity contribution in [2.24, 2.45) is 29.1 Å². The number of nitrogens with zero attached hydrogens (tertiary/aromatic N) is 2. The Bertz CT molecular complexity index is 1120. The zero-order valence-corrected chi connectivity index (χ0v) is 26.9. The van der Waals surface area contributed by atoms with Crippen LogP contribution in [0, 0.1) is 29.1 Å². The number of carbonyl (C=O) groups excluding carboxylic acids is 3. The highest BCUT2D eigenvalue weighted by atomic mass is 19.2. The maximum atomic E-state index is 16.1. The summed E-state index contributed by atoms with van der Waals surface area (Å²) in [5.41, 5.74) is -1.24. The van der Waals surface area contributed by atoms with E-state index in [-0.39, 0.29) is 34.8 Å². The van der Waals surface area contributed by atoms with E-state index < -0.39 is 35.0 Å². The summed E-state index contributed by atoms with van der Waals surface area (Å²) >= 11 is 0. The number of amides is 4. The lowest BCUT2D eigenvalue weighted by Crippen LogP contribution is -2.61. The highest BCUT2D eigenvalue weighted by Gasteiger charge is 2.49. The molecule has 0 radical (unpaired) electrons. The molecule has 3 aliphatic carbocycles. The van der Waals surface area contributed by atoms with Gasteiger partial charge >= 0.3 is 6.03 Å². The second kappa shape index (κ2) is 13.5. The topological polar surface area (TPSA) is 102 Å². The van der Waals surface area contributed by atoms with Gasteiger partial charge in [0.25, 0.3) is 0 Å². The van der Waals surface area contributed by atoms with Gasteiger partial charge < -0.3 is 20.6 Å². The lowest BCUT2D eigenvalue weighted by molar-refractivity contribution is -0.146. The summed E-state index contributed by atoms with van der Waals surface area (Å²) in [5.74, 6) is 0.499. The van der Waals surface area contributed by atoms with Crippen LogP contribution in [0.5, 0.6) is 0 Å². The molecule has 1 aromatic rings. The number of benzene rings is 1. The van der Waals surface area contributed by atoms with Crippen LogP contribution in [-0.2, 0) is 9.59 Å². The molecule has 3 saturated carbocycles. The number of urea groups is 1. The molecule has 3 fully saturated rings. The predicted molar refractivity (Wildman–Crippen MR) is 165 cm³/mol. The molecule has 8 nitrogen and oxygen atoms in total. The molecule has 4 amide bonds. The molecule has 1 aromatic carbocycles. The summed E-state index contributed by atoms with van der Waals surface area (Å²) in [6.07, 6.45) is 7.00. The molecule has 3 N–H and O–H groups in total. The maximum absolute atomic E-state index is 16.1. The molecular weight excluding hydrogens is 547 g/mol.